The zero-order valence-corrected chi connectivity index (χ0v) is 22.7. The molecule has 5 atom stereocenters. The smallest absolute Gasteiger partial charge is 0.326 e. The zero-order valence-electron chi connectivity index (χ0n) is 22.7. The number of nitrogens with one attached hydrogen (secondary N) is 3. The van der Waals surface area contributed by atoms with Crippen LogP contribution in [0.4, 0.5) is 0 Å². The number of carbonyl (C=O) groups excluding carboxylic acids is 3. The molecular weight excluding hydrogens is 486 g/mol. The number of aromatic amines is 1. The van der Waals surface area contributed by atoms with E-state index in [4.69, 9.17) is 5.73 Å². The summed E-state index contributed by atoms with van der Waals surface area (Å²) >= 11 is 0. The van der Waals surface area contributed by atoms with Crippen LogP contribution in [0.1, 0.15) is 58.9 Å². The number of likely N-dealkylation sites (tertiary alicyclic amines) is 1. The number of H-pyrrole nitrogens is 1. The third-order valence-electron chi connectivity index (χ3n) is 7.39. The normalized spacial score (nSPS) is 18.7. The maximum Gasteiger partial charge on any atom is 0.326 e. The minimum absolute atomic E-state index is 0.103. The Bertz CT molecular complexity index is 1150. The Hall–Kier alpha value is -3.40. The summed E-state index contributed by atoms with van der Waals surface area (Å²) in [6.07, 6.45) is 4.18. The molecule has 3 rings (SSSR count). The van der Waals surface area contributed by atoms with Crippen LogP contribution in [0, 0.1) is 11.8 Å². The highest BCUT2D eigenvalue weighted by Crippen LogP contribution is 2.22. The van der Waals surface area contributed by atoms with E-state index in [1.165, 1.54) is 4.90 Å². The second-order valence-corrected chi connectivity index (χ2v) is 10.8. The van der Waals surface area contributed by atoms with Gasteiger partial charge in [0.05, 0.1) is 6.04 Å². The number of carboxylic acid groups (broad SMARTS) is 1. The van der Waals surface area contributed by atoms with Crippen molar-refractivity contribution in [2.45, 2.75) is 84.0 Å². The van der Waals surface area contributed by atoms with Gasteiger partial charge in [0.25, 0.3) is 0 Å². The van der Waals surface area contributed by atoms with E-state index in [-0.39, 0.29) is 17.7 Å². The molecule has 1 aromatic heterocycles. The van der Waals surface area contributed by atoms with Gasteiger partial charge in [0, 0.05) is 23.6 Å². The molecule has 6 N–H and O–H groups in total. The molecule has 0 bridgehead atoms. The molecule has 3 amide bonds. The van der Waals surface area contributed by atoms with Crippen molar-refractivity contribution in [3.05, 3.63) is 36.0 Å². The van der Waals surface area contributed by atoms with Crippen LogP contribution in [-0.4, -0.2) is 69.4 Å². The third kappa shape index (κ3) is 6.92. The molecule has 2 aromatic rings. The van der Waals surface area contributed by atoms with Gasteiger partial charge in [0.15, 0.2) is 0 Å². The van der Waals surface area contributed by atoms with Crippen LogP contribution in [0.5, 0.6) is 0 Å². The molecule has 0 aliphatic carbocycles. The van der Waals surface area contributed by atoms with E-state index >= 15 is 0 Å². The highest BCUT2D eigenvalue weighted by molar-refractivity contribution is 5.95. The topological polar surface area (TPSA) is 158 Å². The predicted molar refractivity (Wildman–Crippen MR) is 145 cm³/mol. The van der Waals surface area contributed by atoms with Gasteiger partial charge in [-0.1, -0.05) is 52.3 Å². The van der Waals surface area contributed by atoms with Crippen LogP contribution in [-0.2, 0) is 25.6 Å². The van der Waals surface area contributed by atoms with Crippen molar-refractivity contribution in [3.8, 4) is 0 Å². The molecule has 2 heterocycles. The summed E-state index contributed by atoms with van der Waals surface area (Å²) in [6.45, 7) is 7.90. The van der Waals surface area contributed by atoms with Crippen molar-refractivity contribution < 1.29 is 24.3 Å². The fourth-order valence-corrected chi connectivity index (χ4v) is 5.04. The molecule has 38 heavy (non-hydrogen) atoms. The number of carbonyl (C=O) groups is 4. The number of nitrogens with zero attached hydrogens (tertiary/aromatic N) is 1. The van der Waals surface area contributed by atoms with E-state index in [1.54, 1.807) is 6.92 Å². The fourth-order valence-electron chi connectivity index (χ4n) is 5.04. The highest BCUT2D eigenvalue weighted by atomic mass is 16.4. The Morgan fingerprint density at radius 1 is 1.16 bits per heavy atom. The lowest BCUT2D eigenvalue weighted by Gasteiger charge is -2.31. The summed E-state index contributed by atoms with van der Waals surface area (Å²) in [5.74, 6) is -2.51. The van der Waals surface area contributed by atoms with Crippen molar-refractivity contribution in [2.75, 3.05) is 6.54 Å². The molecule has 0 spiro atoms. The first kappa shape index (κ1) is 29.2. The number of amides is 3. The number of benzene rings is 1. The fraction of sp³-hybridized carbons (Fsp3) is 0.571. The van der Waals surface area contributed by atoms with Gasteiger partial charge in [0.1, 0.15) is 18.1 Å². The number of fused-ring (bicyclic) bond motifs is 1. The molecule has 208 valence electrons. The molecule has 1 saturated heterocycles. The van der Waals surface area contributed by atoms with Crippen LogP contribution >= 0.6 is 0 Å². The minimum atomic E-state index is -1.10. The molecule has 0 radical (unpaired) electrons. The summed E-state index contributed by atoms with van der Waals surface area (Å²) in [7, 11) is 0. The molecule has 1 aliphatic heterocycles. The SMILES string of the molecule is CCC(C)C(NC(=O)C1CCCN1C(=O)C(CC(C)C)NC(=O)C(N)Cc1c[nH]c2ccccc12)C(=O)O. The van der Waals surface area contributed by atoms with Crippen LogP contribution in [0.3, 0.4) is 0 Å². The molecule has 5 unspecified atom stereocenters. The third-order valence-corrected chi connectivity index (χ3v) is 7.39. The lowest BCUT2D eigenvalue weighted by molar-refractivity contribution is -0.146. The van der Waals surface area contributed by atoms with E-state index < -0.39 is 42.0 Å². The van der Waals surface area contributed by atoms with E-state index in [9.17, 15) is 24.3 Å². The van der Waals surface area contributed by atoms with Gasteiger partial charge in [0.2, 0.25) is 17.7 Å². The van der Waals surface area contributed by atoms with Gasteiger partial charge in [-0.25, -0.2) is 4.79 Å². The van der Waals surface area contributed by atoms with Crippen molar-refractivity contribution in [3.63, 3.8) is 0 Å². The zero-order chi connectivity index (χ0) is 28.0. The number of aromatic nitrogens is 1. The van der Waals surface area contributed by atoms with Gasteiger partial charge in [-0.15, -0.1) is 0 Å². The number of rotatable bonds is 12. The van der Waals surface area contributed by atoms with Crippen LogP contribution in [0.25, 0.3) is 10.9 Å². The molecule has 10 nitrogen and oxygen atoms in total. The van der Waals surface area contributed by atoms with Crippen LogP contribution in [0.15, 0.2) is 30.5 Å². The Kier molecular flexibility index (Phi) is 9.90. The van der Waals surface area contributed by atoms with Crippen LogP contribution < -0.4 is 16.4 Å². The predicted octanol–water partition coefficient (Wildman–Crippen LogP) is 2.18. The van der Waals surface area contributed by atoms with E-state index in [2.05, 4.69) is 15.6 Å². The Labute approximate surface area is 223 Å². The number of hydrogen-bond donors (Lipinski definition) is 5. The lowest BCUT2D eigenvalue weighted by Crippen LogP contribution is -2.57. The number of carboxylic acids is 1. The van der Waals surface area contributed by atoms with Crippen LogP contribution in [0.2, 0.25) is 0 Å². The molecule has 1 aliphatic rings. The van der Waals surface area contributed by atoms with E-state index in [0.29, 0.717) is 38.6 Å². The van der Waals surface area contributed by atoms with Crippen molar-refractivity contribution in [2.24, 2.45) is 17.6 Å². The van der Waals surface area contributed by atoms with Gasteiger partial charge in [-0.2, -0.15) is 0 Å². The van der Waals surface area contributed by atoms with Crippen molar-refractivity contribution >= 4 is 34.6 Å². The molecular formula is C28H41N5O5. The quantitative estimate of drug-likeness (QED) is 0.285. The molecule has 1 fully saturated rings. The van der Waals surface area contributed by atoms with Crippen molar-refractivity contribution in [1.29, 1.82) is 0 Å². The Morgan fingerprint density at radius 3 is 2.53 bits per heavy atom. The monoisotopic (exact) mass is 527 g/mol. The molecule has 0 saturated carbocycles. The summed E-state index contributed by atoms with van der Waals surface area (Å²) in [4.78, 5) is 56.2. The number of hydrogen-bond acceptors (Lipinski definition) is 5. The average molecular weight is 528 g/mol. The largest absolute Gasteiger partial charge is 0.480 e. The maximum absolute atomic E-state index is 13.6. The second-order valence-electron chi connectivity index (χ2n) is 10.8. The summed E-state index contributed by atoms with van der Waals surface area (Å²) in [6, 6.07) is 4.26. The Morgan fingerprint density at radius 2 is 1.87 bits per heavy atom. The molecule has 10 heteroatoms. The summed E-state index contributed by atoms with van der Waals surface area (Å²) in [5.41, 5.74) is 8.14. The first-order valence-electron chi connectivity index (χ1n) is 13.5. The standard InChI is InChI=1S/C28H41N5O5/c1-5-17(4)24(28(37)38)32-26(35)23-11-8-12-33(23)27(36)22(13-16(2)3)31-25(34)20(29)14-18-15-30-21-10-7-6-9-19(18)21/h6-7,9-10,15-17,20,22-24,30H,5,8,11-14,29H2,1-4H3,(H,31,34)(H,32,35)(H,37,38). The number of nitrogens with two attached hydrogens (primary N) is 1. The Balaban J connectivity index is 1.70. The van der Waals surface area contributed by atoms with Gasteiger partial charge < -0.3 is 31.4 Å². The van der Waals surface area contributed by atoms with E-state index in [0.717, 1.165) is 16.5 Å². The van der Waals surface area contributed by atoms with Crippen molar-refractivity contribution in [1.82, 2.24) is 20.5 Å². The average Bonchev–Trinajstić information content (AvgIpc) is 3.53. The first-order chi connectivity index (χ1) is 18.0. The maximum atomic E-state index is 13.6. The minimum Gasteiger partial charge on any atom is -0.480 e. The lowest BCUT2D eigenvalue weighted by atomic mass is 9.98. The second kappa shape index (κ2) is 12.9. The molecule has 1 aromatic carbocycles. The number of para-hydroxylation sites is 1. The van der Waals surface area contributed by atoms with E-state index in [1.807, 2.05) is 51.2 Å². The number of aliphatic carboxylic acids is 1. The van der Waals surface area contributed by atoms with Gasteiger partial charge in [-0.3, -0.25) is 14.4 Å². The summed E-state index contributed by atoms with van der Waals surface area (Å²) in [5, 5.41) is 16.0. The first-order valence-corrected chi connectivity index (χ1v) is 13.5. The van der Waals surface area contributed by atoms with Gasteiger partial charge in [-0.05, 0) is 49.1 Å². The van der Waals surface area contributed by atoms with Gasteiger partial charge >= 0.3 is 5.97 Å². The summed E-state index contributed by atoms with van der Waals surface area (Å²) < 4.78 is 0. The highest BCUT2D eigenvalue weighted by Gasteiger charge is 2.39.